The molecule has 0 fully saturated rings. The molecule has 2 N–H and O–H groups in total. The molecule has 0 aliphatic rings. The lowest BCUT2D eigenvalue weighted by Crippen LogP contribution is -2.24. The number of carbonyl (C=O) groups excluding carboxylic acids is 1. The minimum atomic E-state index is -3.62. The highest BCUT2D eigenvalue weighted by atomic mass is 35.5. The Bertz CT molecular complexity index is 900. The zero-order chi connectivity index (χ0) is 19.9. The molecule has 0 aliphatic heterocycles. The number of amides is 1. The molecule has 0 radical (unpaired) electrons. The average Bonchev–Trinajstić information content (AvgIpc) is 2.62. The number of para-hydroxylation sites is 1. The number of anilines is 1. The van der Waals surface area contributed by atoms with E-state index in [1.165, 1.54) is 18.2 Å². The second-order valence-electron chi connectivity index (χ2n) is 6.00. The number of hydrogen-bond donors (Lipinski definition) is 2. The van der Waals surface area contributed by atoms with Gasteiger partial charge in [0, 0.05) is 12.2 Å². The van der Waals surface area contributed by atoms with Gasteiger partial charge in [0.25, 0.3) is 5.91 Å². The van der Waals surface area contributed by atoms with Gasteiger partial charge in [-0.3, -0.25) is 4.79 Å². The first-order valence-corrected chi connectivity index (χ1v) is 10.5. The molecule has 6 nitrogen and oxygen atoms in total. The van der Waals surface area contributed by atoms with Crippen molar-refractivity contribution in [1.29, 1.82) is 0 Å². The number of hydrogen-bond acceptors (Lipinski definition) is 4. The van der Waals surface area contributed by atoms with Crippen molar-refractivity contribution in [1.82, 2.24) is 4.72 Å². The fourth-order valence-electron chi connectivity index (χ4n) is 2.28. The highest BCUT2D eigenvalue weighted by Crippen LogP contribution is 2.27. The molecule has 0 aromatic heterocycles. The van der Waals surface area contributed by atoms with Gasteiger partial charge in [0.05, 0.1) is 9.92 Å². The maximum absolute atomic E-state index is 12.2. The van der Waals surface area contributed by atoms with Gasteiger partial charge >= 0.3 is 0 Å². The van der Waals surface area contributed by atoms with Gasteiger partial charge in [0.2, 0.25) is 10.0 Å². The number of unbranched alkanes of at least 4 members (excludes halogenated alkanes) is 1. The van der Waals surface area contributed by atoms with E-state index in [2.05, 4.69) is 10.0 Å². The third kappa shape index (κ3) is 6.23. The normalized spacial score (nSPS) is 11.2. The molecule has 0 atom stereocenters. The van der Waals surface area contributed by atoms with Crippen LogP contribution in [0.15, 0.2) is 47.4 Å². The molecular weight excluding hydrogens is 388 g/mol. The van der Waals surface area contributed by atoms with Crippen LogP contribution in [-0.4, -0.2) is 27.5 Å². The summed E-state index contributed by atoms with van der Waals surface area (Å²) >= 11 is 6.12. The second-order valence-corrected chi connectivity index (χ2v) is 8.17. The van der Waals surface area contributed by atoms with Crippen molar-refractivity contribution >= 4 is 33.2 Å². The van der Waals surface area contributed by atoms with Gasteiger partial charge < -0.3 is 10.1 Å². The van der Waals surface area contributed by atoms with Gasteiger partial charge in [-0.15, -0.1) is 0 Å². The molecule has 0 saturated carbocycles. The molecule has 0 unspecified atom stereocenters. The van der Waals surface area contributed by atoms with Gasteiger partial charge in [0.15, 0.2) is 6.61 Å². The summed E-state index contributed by atoms with van der Waals surface area (Å²) in [5.74, 6) is -0.0950. The second kappa shape index (κ2) is 9.73. The van der Waals surface area contributed by atoms with Crippen LogP contribution in [0.5, 0.6) is 5.75 Å². The monoisotopic (exact) mass is 410 g/mol. The first kappa shape index (κ1) is 21.2. The van der Waals surface area contributed by atoms with Crippen LogP contribution in [0.25, 0.3) is 0 Å². The predicted molar refractivity (Wildman–Crippen MR) is 107 cm³/mol. The van der Waals surface area contributed by atoms with Gasteiger partial charge in [0.1, 0.15) is 5.75 Å². The van der Waals surface area contributed by atoms with Crippen molar-refractivity contribution in [3.8, 4) is 5.75 Å². The summed E-state index contributed by atoms with van der Waals surface area (Å²) in [6.45, 7) is 4.00. The summed E-state index contributed by atoms with van der Waals surface area (Å²) in [4.78, 5) is 12.1. The molecule has 2 aromatic rings. The lowest BCUT2D eigenvalue weighted by Gasteiger charge is -2.12. The fraction of sp³-hybridized carbons (Fsp3) is 0.316. The highest BCUT2D eigenvalue weighted by Gasteiger charge is 2.16. The van der Waals surface area contributed by atoms with Crippen molar-refractivity contribution in [2.75, 3.05) is 18.5 Å². The third-order valence-electron chi connectivity index (χ3n) is 3.81. The number of ether oxygens (including phenoxy) is 1. The van der Waals surface area contributed by atoms with Crippen molar-refractivity contribution in [2.24, 2.45) is 0 Å². The number of nitrogens with one attached hydrogen (secondary N) is 2. The van der Waals surface area contributed by atoms with E-state index in [0.717, 1.165) is 18.4 Å². The fourth-order valence-corrected chi connectivity index (χ4v) is 3.67. The van der Waals surface area contributed by atoms with Crippen LogP contribution in [0.3, 0.4) is 0 Å². The smallest absolute Gasteiger partial charge is 0.262 e. The molecule has 0 saturated heterocycles. The highest BCUT2D eigenvalue weighted by molar-refractivity contribution is 7.89. The van der Waals surface area contributed by atoms with Crippen LogP contribution in [0, 0.1) is 6.92 Å². The van der Waals surface area contributed by atoms with E-state index in [0.29, 0.717) is 12.2 Å². The first-order chi connectivity index (χ1) is 12.8. The van der Waals surface area contributed by atoms with E-state index in [4.69, 9.17) is 16.3 Å². The molecule has 0 aliphatic carbocycles. The van der Waals surface area contributed by atoms with Gasteiger partial charge in [-0.05, 0) is 43.2 Å². The third-order valence-corrected chi connectivity index (χ3v) is 5.57. The van der Waals surface area contributed by atoms with E-state index in [1.54, 1.807) is 6.07 Å². The van der Waals surface area contributed by atoms with E-state index in [9.17, 15) is 13.2 Å². The van der Waals surface area contributed by atoms with Gasteiger partial charge in [-0.1, -0.05) is 43.1 Å². The number of rotatable bonds is 9. The average molecular weight is 411 g/mol. The Hall–Kier alpha value is -2.09. The number of aryl methyl sites for hydroxylation is 1. The zero-order valence-electron chi connectivity index (χ0n) is 15.3. The Labute approximate surface area is 164 Å². The molecule has 27 heavy (non-hydrogen) atoms. The predicted octanol–water partition coefficient (Wildman–Crippen LogP) is 3.74. The van der Waals surface area contributed by atoms with Crippen molar-refractivity contribution in [3.63, 3.8) is 0 Å². The van der Waals surface area contributed by atoms with Crippen molar-refractivity contribution < 1.29 is 17.9 Å². The van der Waals surface area contributed by atoms with Crippen LogP contribution in [0.1, 0.15) is 25.3 Å². The number of sulfonamides is 1. The quantitative estimate of drug-likeness (QED) is 0.616. The number of carbonyl (C=O) groups is 1. The van der Waals surface area contributed by atoms with Gasteiger partial charge in [-0.2, -0.15) is 0 Å². The topological polar surface area (TPSA) is 84.5 Å². The lowest BCUT2D eigenvalue weighted by molar-refractivity contribution is -0.118. The summed E-state index contributed by atoms with van der Waals surface area (Å²) in [5.41, 5.74) is 1.64. The summed E-state index contributed by atoms with van der Waals surface area (Å²) in [7, 11) is -3.62. The van der Waals surface area contributed by atoms with Crippen molar-refractivity contribution in [3.05, 3.63) is 53.1 Å². The minimum Gasteiger partial charge on any atom is -0.482 e. The largest absolute Gasteiger partial charge is 0.482 e. The number of benzene rings is 2. The Morgan fingerprint density at radius 2 is 1.93 bits per heavy atom. The maximum Gasteiger partial charge on any atom is 0.262 e. The Kier molecular flexibility index (Phi) is 7.65. The molecule has 8 heteroatoms. The van der Waals surface area contributed by atoms with E-state index in [-0.39, 0.29) is 28.2 Å². The molecule has 1 amide bonds. The standard InChI is InChI=1S/C19H23ClN2O4S/c1-3-4-11-21-27(24,25)15-9-10-18(16(20)12-15)26-13-19(23)22-17-8-6-5-7-14(17)2/h5-10,12,21H,3-4,11,13H2,1-2H3,(H,22,23). The Morgan fingerprint density at radius 3 is 2.59 bits per heavy atom. The minimum absolute atomic E-state index is 0.0558. The molecule has 2 aromatic carbocycles. The summed E-state index contributed by atoms with van der Waals surface area (Å²) in [6, 6.07) is 11.5. The van der Waals surface area contributed by atoms with Crippen molar-refractivity contribution in [2.45, 2.75) is 31.6 Å². The number of halogens is 1. The van der Waals surface area contributed by atoms with E-state index >= 15 is 0 Å². The summed E-state index contributed by atoms with van der Waals surface area (Å²) < 4.78 is 32.3. The lowest BCUT2D eigenvalue weighted by atomic mass is 10.2. The molecule has 0 spiro atoms. The molecule has 0 heterocycles. The van der Waals surface area contributed by atoms with Crippen LogP contribution in [0.4, 0.5) is 5.69 Å². The summed E-state index contributed by atoms with van der Waals surface area (Å²) in [5, 5.41) is 2.87. The van der Waals surface area contributed by atoms with Crippen LogP contribution in [0.2, 0.25) is 5.02 Å². The van der Waals surface area contributed by atoms with Crippen LogP contribution in [-0.2, 0) is 14.8 Å². The first-order valence-electron chi connectivity index (χ1n) is 8.61. The molecular formula is C19H23ClN2O4S. The SMILES string of the molecule is CCCCNS(=O)(=O)c1ccc(OCC(=O)Nc2ccccc2C)c(Cl)c1. The van der Waals surface area contributed by atoms with E-state index in [1.807, 2.05) is 32.0 Å². The molecule has 0 bridgehead atoms. The van der Waals surface area contributed by atoms with Crippen LogP contribution < -0.4 is 14.8 Å². The zero-order valence-corrected chi connectivity index (χ0v) is 16.9. The Balaban J connectivity index is 1.97. The van der Waals surface area contributed by atoms with Gasteiger partial charge in [-0.25, -0.2) is 13.1 Å². The van der Waals surface area contributed by atoms with E-state index < -0.39 is 10.0 Å². The van der Waals surface area contributed by atoms with Crippen LogP contribution >= 0.6 is 11.6 Å². The summed E-state index contributed by atoms with van der Waals surface area (Å²) in [6.07, 6.45) is 1.64. The molecule has 2 rings (SSSR count). The molecule has 146 valence electrons. The Morgan fingerprint density at radius 1 is 1.19 bits per heavy atom. The maximum atomic E-state index is 12.2.